The molecule has 0 radical (unpaired) electrons. The number of hydrogen-bond donors (Lipinski definition) is 1. The van der Waals surface area contributed by atoms with Crippen LogP contribution >= 0.6 is 0 Å². The highest BCUT2D eigenvalue weighted by Crippen LogP contribution is 2.26. The zero-order valence-electron chi connectivity index (χ0n) is 11.7. The molecule has 0 spiro atoms. The van der Waals surface area contributed by atoms with Gasteiger partial charge in [-0.05, 0) is 61.9 Å². The molecule has 0 fully saturated rings. The van der Waals surface area contributed by atoms with Crippen molar-refractivity contribution in [3.63, 3.8) is 0 Å². The first kappa shape index (κ1) is 13.4. The molecule has 18 heavy (non-hydrogen) atoms. The van der Waals surface area contributed by atoms with E-state index in [2.05, 4.69) is 37.4 Å². The van der Waals surface area contributed by atoms with Gasteiger partial charge in [0.2, 0.25) is 0 Å². The summed E-state index contributed by atoms with van der Waals surface area (Å²) >= 11 is 0. The Kier molecular flexibility index (Phi) is 5.06. The monoisotopic (exact) mass is 247 g/mol. The maximum Gasteiger partial charge on any atom is 0.120 e. The molecule has 0 saturated carbocycles. The minimum Gasteiger partial charge on any atom is -0.489 e. The summed E-state index contributed by atoms with van der Waals surface area (Å²) in [6, 6.07) is 6.61. The van der Waals surface area contributed by atoms with Gasteiger partial charge < -0.3 is 10.1 Å². The van der Waals surface area contributed by atoms with Crippen molar-refractivity contribution in [2.24, 2.45) is 0 Å². The van der Waals surface area contributed by atoms with Crippen molar-refractivity contribution >= 4 is 0 Å². The van der Waals surface area contributed by atoms with Crippen LogP contribution in [0.5, 0.6) is 5.75 Å². The number of fused-ring (bicyclic) bond motifs is 1. The second-order valence-electron chi connectivity index (χ2n) is 5.14. The van der Waals surface area contributed by atoms with E-state index in [0.29, 0.717) is 0 Å². The van der Waals surface area contributed by atoms with Crippen LogP contribution in [-0.2, 0) is 12.8 Å². The average molecular weight is 247 g/mol. The van der Waals surface area contributed by atoms with Crippen LogP contribution in [0.15, 0.2) is 18.2 Å². The highest BCUT2D eigenvalue weighted by Gasteiger charge is 2.13. The van der Waals surface area contributed by atoms with E-state index >= 15 is 0 Å². The lowest BCUT2D eigenvalue weighted by Gasteiger charge is -2.18. The minimum absolute atomic E-state index is 0.288. The van der Waals surface area contributed by atoms with Gasteiger partial charge in [-0.15, -0.1) is 0 Å². The number of rotatable bonds is 7. The number of nitrogens with one attached hydrogen (secondary N) is 1. The maximum atomic E-state index is 6.07. The Labute approximate surface area is 111 Å². The Balaban J connectivity index is 1.90. The second kappa shape index (κ2) is 6.79. The second-order valence-corrected chi connectivity index (χ2v) is 5.14. The van der Waals surface area contributed by atoms with Gasteiger partial charge in [0, 0.05) is 6.54 Å². The van der Waals surface area contributed by atoms with Gasteiger partial charge in [-0.25, -0.2) is 0 Å². The van der Waals surface area contributed by atoms with Crippen molar-refractivity contribution in [3.8, 4) is 5.75 Å². The number of aryl methyl sites for hydroxylation is 2. The van der Waals surface area contributed by atoms with E-state index < -0.39 is 0 Å². The minimum atomic E-state index is 0.288. The van der Waals surface area contributed by atoms with E-state index in [1.807, 2.05) is 0 Å². The number of hydrogen-bond acceptors (Lipinski definition) is 2. The zero-order valence-corrected chi connectivity index (χ0v) is 11.7. The van der Waals surface area contributed by atoms with E-state index in [1.165, 1.54) is 36.8 Å². The van der Waals surface area contributed by atoms with E-state index in [-0.39, 0.29) is 6.10 Å². The first-order valence-electron chi connectivity index (χ1n) is 7.32. The van der Waals surface area contributed by atoms with Crippen LogP contribution in [-0.4, -0.2) is 19.2 Å². The van der Waals surface area contributed by atoms with Crippen LogP contribution in [0.2, 0.25) is 0 Å². The number of ether oxygens (including phenoxy) is 1. The average Bonchev–Trinajstić information content (AvgIpc) is 2.85. The molecule has 1 atom stereocenters. The van der Waals surface area contributed by atoms with Crippen molar-refractivity contribution in [1.29, 1.82) is 0 Å². The van der Waals surface area contributed by atoms with Crippen molar-refractivity contribution in [2.45, 2.75) is 52.1 Å². The molecular weight excluding hydrogens is 222 g/mol. The molecule has 100 valence electrons. The van der Waals surface area contributed by atoms with Crippen molar-refractivity contribution in [3.05, 3.63) is 29.3 Å². The topological polar surface area (TPSA) is 21.3 Å². The Hall–Kier alpha value is -1.02. The molecule has 0 aliphatic heterocycles. The molecule has 2 nitrogen and oxygen atoms in total. The van der Waals surface area contributed by atoms with Crippen LogP contribution in [0.3, 0.4) is 0 Å². The quantitative estimate of drug-likeness (QED) is 0.746. The summed E-state index contributed by atoms with van der Waals surface area (Å²) in [6.07, 6.45) is 6.27. The fraction of sp³-hybridized carbons (Fsp3) is 0.625. The van der Waals surface area contributed by atoms with Crippen LogP contribution in [0.1, 0.15) is 44.2 Å². The van der Waals surface area contributed by atoms with Gasteiger partial charge in [0.1, 0.15) is 11.9 Å². The molecule has 0 amide bonds. The predicted octanol–water partition coefficient (Wildman–Crippen LogP) is 3.33. The Morgan fingerprint density at radius 2 is 2.06 bits per heavy atom. The van der Waals surface area contributed by atoms with E-state index in [9.17, 15) is 0 Å². The van der Waals surface area contributed by atoms with Crippen LogP contribution in [0.4, 0.5) is 0 Å². The highest BCUT2D eigenvalue weighted by atomic mass is 16.5. The van der Waals surface area contributed by atoms with Crippen LogP contribution in [0.25, 0.3) is 0 Å². The molecule has 0 bridgehead atoms. The normalized spacial score (nSPS) is 15.4. The maximum absolute atomic E-state index is 6.07. The summed E-state index contributed by atoms with van der Waals surface area (Å²) in [4.78, 5) is 0. The summed E-state index contributed by atoms with van der Waals surface area (Å²) in [5.74, 6) is 1.04. The van der Waals surface area contributed by atoms with Gasteiger partial charge in [0.15, 0.2) is 0 Å². The molecule has 0 heterocycles. The summed E-state index contributed by atoms with van der Waals surface area (Å²) in [5, 5.41) is 3.43. The summed E-state index contributed by atoms with van der Waals surface area (Å²) < 4.78 is 6.07. The molecule has 0 aromatic heterocycles. The zero-order chi connectivity index (χ0) is 12.8. The van der Waals surface area contributed by atoms with Gasteiger partial charge in [0.25, 0.3) is 0 Å². The van der Waals surface area contributed by atoms with Gasteiger partial charge in [0.05, 0.1) is 0 Å². The van der Waals surface area contributed by atoms with E-state index in [0.717, 1.165) is 25.3 Å². The molecule has 1 aliphatic carbocycles. The molecule has 2 heteroatoms. The predicted molar refractivity (Wildman–Crippen MR) is 76.3 cm³/mol. The van der Waals surface area contributed by atoms with Crippen LogP contribution in [0, 0.1) is 0 Å². The van der Waals surface area contributed by atoms with Gasteiger partial charge in [-0.1, -0.05) is 19.9 Å². The Morgan fingerprint density at radius 1 is 1.22 bits per heavy atom. The molecular formula is C16H25NO. The molecule has 1 aliphatic rings. The largest absolute Gasteiger partial charge is 0.489 e. The lowest BCUT2D eigenvalue weighted by atomic mass is 10.1. The third-order valence-corrected chi connectivity index (χ3v) is 3.63. The van der Waals surface area contributed by atoms with E-state index in [1.54, 1.807) is 0 Å². The molecule has 0 saturated heterocycles. The summed E-state index contributed by atoms with van der Waals surface area (Å²) in [5.41, 5.74) is 3.00. The Morgan fingerprint density at radius 3 is 2.83 bits per heavy atom. The Bertz CT molecular complexity index is 375. The van der Waals surface area contributed by atoms with Crippen molar-refractivity contribution < 1.29 is 4.74 Å². The SMILES string of the molecule is CCCNCC(CC)Oc1ccc2c(c1)CCC2. The third-order valence-electron chi connectivity index (χ3n) is 3.63. The van der Waals surface area contributed by atoms with E-state index in [4.69, 9.17) is 4.74 Å². The van der Waals surface area contributed by atoms with Gasteiger partial charge in [-0.3, -0.25) is 0 Å². The standard InChI is InChI=1S/C16H25NO/c1-3-10-17-12-15(4-2)18-16-9-8-13-6-5-7-14(13)11-16/h8-9,11,15,17H,3-7,10,12H2,1-2H3. The fourth-order valence-electron chi connectivity index (χ4n) is 2.52. The first-order valence-corrected chi connectivity index (χ1v) is 7.32. The number of benzene rings is 1. The first-order chi connectivity index (χ1) is 8.83. The van der Waals surface area contributed by atoms with Gasteiger partial charge >= 0.3 is 0 Å². The highest BCUT2D eigenvalue weighted by molar-refractivity contribution is 5.38. The molecule has 2 rings (SSSR count). The van der Waals surface area contributed by atoms with Crippen LogP contribution < -0.4 is 10.1 Å². The fourth-order valence-corrected chi connectivity index (χ4v) is 2.52. The summed E-state index contributed by atoms with van der Waals surface area (Å²) in [6.45, 7) is 6.40. The molecule has 1 aromatic rings. The summed E-state index contributed by atoms with van der Waals surface area (Å²) in [7, 11) is 0. The smallest absolute Gasteiger partial charge is 0.120 e. The third kappa shape index (κ3) is 3.49. The van der Waals surface area contributed by atoms with Crippen molar-refractivity contribution in [1.82, 2.24) is 5.32 Å². The lowest BCUT2D eigenvalue weighted by molar-refractivity contribution is 0.193. The molecule has 1 unspecified atom stereocenters. The lowest BCUT2D eigenvalue weighted by Crippen LogP contribution is -2.31. The molecule has 1 aromatic carbocycles. The van der Waals surface area contributed by atoms with Crippen molar-refractivity contribution in [2.75, 3.05) is 13.1 Å². The van der Waals surface area contributed by atoms with Gasteiger partial charge in [-0.2, -0.15) is 0 Å². The molecule has 1 N–H and O–H groups in total.